The summed E-state index contributed by atoms with van der Waals surface area (Å²) in [7, 11) is 1.46. The van der Waals surface area contributed by atoms with Crippen molar-refractivity contribution in [1.29, 1.82) is 0 Å². The van der Waals surface area contributed by atoms with Gasteiger partial charge in [-0.3, -0.25) is 0 Å². The Morgan fingerprint density at radius 1 is 1.15 bits per heavy atom. The molecular weight excluding hydrogens is 449 g/mol. The lowest BCUT2D eigenvalue weighted by Crippen LogP contribution is -2.53. The van der Waals surface area contributed by atoms with Crippen molar-refractivity contribution in [2.45, 2.75) is 44.8 Å². The number of likely N-dealkylation sites (tertiary alicyclic amines) is 1. The van der Waals surface area contributed by atoms with Crippen molar-refractivity contribution in [1.82, 2.24) is 10.2 Å². The van der Waals surface area contributed by atoms with E-state index in [-0.39, 0.29) is 6.54 Å². The van der Waals surface area contributed by atoms with Crippen molar-refractivity contribution >= 4 is 29.4 Å². The second-order valence-electron chi connectivity index (χ2n) is 8.92. The van der Waals surface area contributed by atoms with Gasteiger partial charge in [-0.15, -0.1) is 0 Å². The molecule has 0 aromatic heterocycles. The number of methoxy groups -OCH3 is 1. The number of urea groups is 1. The minimum atomic E-state index is -0.647. The molecule has 3 rings (SSSR count). The van der Waals surface area contributed by atoms with Crippen LogP contribution in [0.3, 0.4) is 0 Å². The summed E-state index contributed by atoms with van der Waals surface area (Å²) in [5.74, 6) is -0.551. The van der Waals surface area contributed by atoms with E-state index in [1.807, 2.05) is 0 Å². The lowest BCUT2D eigenvalue weighted by Gasteiger charge is -2.39. The first-order valence-electron chi connectivity index (χ1n) is 10.7. The molecular formula is C24H29ClFN3O4. The first kappa shape index (κ1) is 24.6. The quantitative estimate of drug-likeness (QED) is 0.617. The molecule has 7 nitrogen and oxygen atoms in total. The van der Waals surface area contributed by atoms with Gasteiger partial charge >= 0.3 is 12.1 Å². The van der Waals surface area contributed by atoms with Crippen LogP contribution in [0, 0.1) is 5.82 Å². The molecule has 1 heterocycles. The fourth-order valence-electron chi connectivity index (χ4n) is 3.74. The zero-order valence-electron chi connectivity index (χ0n) is 19.2. The number of amides is 3. The Morgan fingerprint density at radius 2 is 1.85 bits per heavy atom. The van der Waals surface area contributed by atoms with Crippen LogP contribution in [0.5, 0.6) is 5.75 Å². The molecule has 3 amide bonds. The van der Waals surface area contributed by atoms with Crippen LogP contribution in [-0.4, -0.2) is 48.9 Å². The van der Waals surface area contributed by atoms with E-state index in [0.717, 1.165) is 0 Å². The summed E-state index contributed by atoms with van der Waals surface area (Å²) in [6.07, 6.45) is -0.0332. The van der Waals surface area contributed by atoms with E-state index >= 15 is 0 Å². The van der Waals surface area contributed by atoms with Crippen molar-refractivity contribution in [3.63, 3.8) is 0 Å². The largest absolute Gasteiger partial charge is 0.497 e. The average Bonchev–Trinajstić information content (AvgIpc) is 2.74. The summed E-state index contributed by atoms with van der Waals surface area (Å²) in [6, 6.07) is 10.5. The number of carbonyl (C=O) groups is 2. The topological polar surface area (TPSA) is 79.9 Å². The standard InChI is InChI=1S/C24H29ClFN3O4/c1-24(2,3)33-23(31)29-12-11-21(28-22(30)27-16-7-5-15(25)6-8-16)19(14-29)18-10-9-17(32-4)13-20(18)26/h5-10,13,19,21H,11-12,14H2,1-4H3,(H2,27,28,30). The minimum Gasteiger partial charge on any atom is -0.497 e. The second-order valence-corrected chi connectivity index (χ2v) is 9.36. The van der Waals surface area contributed by atoms with E-state index in [9.17, 15) is 14.0 Å². The van der Waals surface area contributed by atoms with Gasteiger partial charge in [-0.05, 0) is 63.1 Å². The number of nitrogens with one attached hydrogen (secondary N) is 2. The molecule has 0 bridgehead atoms. The molecule has 0 aliphatic carbocycles. The summed E-state index contributed by atoms with van der Waals surface area (Å²) < 4.78 is 25.6. The average molecular weight is 478 g/mol. The molecule has 2 aromatic rings. The molecule has 2 unspecified atom stereocenters. The lowest BCUT2D eigenvalue weighted by molar-refractivity contribution is 0.0178. The van der Waals surface area contributed by atoms with Gasteiger partial charge in [0.05, 0.1) is 7.11 Å². The van der Waals surface area contributed by atoms with Crippen molar-refractivity contribution in [3.05, 3.63) is 58.9 Å². The van der Waals surface area contributed by atoms with Crippen LogP contribution in [0.25, 0.3) is 0 Å². The number of benzene rings is 2. The molecule has 0 spiro atoms. The summed E-state index contributed by atoms with van der Waals surface area (Å²) in [5, 5.41) is 6.25. The predicted octanol–water partition coefficient (Wildman–Crippen LogP) is 5.40. The number of ether oxygens (including phenoxy) is 2. The molecule has 1 aliphatic rings. The van der Waals surface area contributed by atoms with Crippen molar-refractivity contribution in [2.75, 3.05) is 25.5 Å². The molecule has 0 radical (unpaired) electrons. The summed E-state index contributed by atoms with van der Waals surface area (Å²) in [6.45, 7) is 5.95. The number of carbonyl (C=O) groups excluding carboxylic acids is 2. The number of hydrogen-bond acceptors (Lipinski definition) is 4. The van der Waals surface area contributed by atoms with Crippen LogP contribution >= 0.6 is 11.6 Å². The molecule has 0 saturated carbocycles. The van der Waals surface area contributed by atoms with Gasteiger partial charge in [0.1, 0.15) is 17.2 Å². The highest BCUT2D eigenvalue weighted by atomic mass is 35.5. The number of piperidine rings is 1. The van der Waals surface area contributed by atoms with E-state index in [0.29, 0.717) is 35.0 Å². The Morgan fingerprint density at radius 3 is 2.45 bits per heavy atom. The molecule has 1 aliphatic heterocycles. The first-order chi connectivity index (χ1) is 15.6. The van der Waals surface area contributed by atoms with E-state index in [1.54, 1.807) is 62.1 Å². The Kier molecular flexibility index (Phi) is 7.68. The second kappa shape index (κ2) is 10.3. The Hall–Kier alpha value is -3.00. The van der Waals surface area contributed by atoms with E-state index in [1.165, 1.54) is 13.2 Å². The fraction of sp³-hybridized carbons (Fsp3) is 0.417. The summed E-state index contributed by atoms with van der Waals surface area (Å²) in [5.41, 5.74) is 0.321. The third-order valence-electron chi connectivity index (χ3n) is 5.29. The van der Waals surface area contributed by atoms with Gasteiger partial charge < -0.3 is 25.0 Å². The maximum absolute atomic E-state index is 15.0. The molecule has 9 heteroatoms. The van der Waals surface area contributed by atoms with Gasteiger partial charge in [-0.1, -0.05) is 17.7 Å². The highest BCUT2D eigenvalue weighted by molar-refractivity contribution is 6.30. The lowest BCUT2D eigenvalue weighted by atomic mass is 9.85. The van der Waals surface area contributed by atoms with Gasteiger partial charge in [0.25, 0.3) is 0 Å². The van der Waals surface area contributed by atoms with Gasteiger partial charge in [-0.2, -0.15) is 0 Å². The maximum Gasteiger partial charge on any atom is 0.410 e. The normalized spacial score (nSPS) is 18.4. The SMILES string of the molecule is COc1ccc(C2CN(C(=O)OC(C)(C)C)CCC2NC(=O)Nc2ccc(Cl)cc2)c(F)c1. The van der Waals surface area contributed by atoms with Gasteiger partial charge in [0.15, 0.2) is 0 Å². The molecule has 178 valence electrons. The highest BCUT2D eigenvalue weighted by Crippen LogP contribution is 2.32. The molecule has 2 N–H and O–H groups in total. The van der Waals surface area contributed by atoms with Crippen LogP contribution in [0.15, 0.2) is 42.5 Å². The minimum absolute atomic E-state index is 0.198. The van der Waals surface area contributed by atoms with Crippen molar-refractivity contribution in [3.8, 4) is 5.75 Å². The maximum atomic E-state index is 15.0. The number of rotatable bonds is 4. The van der Waals surface area contributed by atoms with Crippen LogP contribution < -0.4 is 15.4 Å². The Bertz CT molecular complexity index is 994. The van der Waals surface area contributed by atoms with E-state index in [2.05, 4.69) is 10.6 Å². The van der Waals surface area contributed by atoms with Crippen molar-refractivity contribution < 1.29 is 23.5 Å². The number of hydrogen-bond donors (Lipinski definition) is 2. The molecule has 2 aromatic carbocycles. The predicted molar refractivity (Wildman–Crippen MR) is 126 cm³/mol. The fourth-order valence-corrected chi connectivity index (χ4v) is 3.86. The Labute approximate surface area is 198 Å². The molecule has 1 saturated heterocycles. The number of halogens is 2. The highest BCUT2D eigenvalue weighted by Gasteiger charge is 2.36. The van der Waals surface area contributed by atoms with Crippen LogP contribution in [0.4, 0.5) is 19.7 Å². The summed E-state index contributed by atoms with van der Waals surface area (Å²) >= 11 is 5.89. The molecule has 2 atom stereocenters. The smallest absolute Gasteiger partial charge is 0.410 e. The van der Waals surface area contributed by atoms with Crippen LogP contribution in [-0.2, 0) is 4.74 Å². The van der Waals surface area contributed by atoms with Gasteiger partial charge in [0, 0.05) is 41.8 Å². The Balaban J connectivity index is 1.79. The summed E-state index contributed by atoms with van der Waals surface area (Å²) in [4.78, 5) is 26.9. The van der Waals surface area contributed by atoms with Crippen molar-refractivity contribution in [2.24, 2.45) is 0 Å². The van der Waals surface area contributed by atoms with E-state index in [4.69, 9.17) is 21.1 Å². The van der Waals surface area contributed by atoms with Crippen LogP contribution in [0.2, 0.25) is 5.02 Å². The van der Waals surface area contributed by atoms with E-state index < -0.39 is 35.5 Å². The zero-order valence-corrected chi connectivity index (χ0v) is 19.9. The first-order valence-corrected chi connectivity index (χ1v) is 11.1. The molecule has 1 fully saturated rings. The zero-order chi connectivity index (χ0) is 24.2. The third kappa shape index (κ3) is 6.74. The van der Waals surface area contributed by atoms with Gasteiger partial charge in [-0.25, -0.2) is 14.0 Å². The van der Waals surface area contributed by atoms with Gasteiger partial charge in [0.2, 0.25) is 0 Å². The number of nitrogens with zero attached hydrogens (tertiary/aromatic N) is 1. The molecule has 33 heavy (non-hydrogen) atoms. The van der Waals surface area contributed by atoms with Crippen LogP contribution in [0.1, 0.15) is 38.7 Å². The monoisotopic (exact) mass is 477 g/mol. The number of anilines is 1. The third-order valence-corrected chi connectivity index (χ3v) is 5.54.